The van der Waals surface area contributed by atoms with Crippen LogP contribution in [0, 0.1) is 5.92 Å². The Kier molecular flexibility index (Phi) is 3.26. The number of nitrogens with zero attached hydrogens (tertiary/aromatic N) is 1. The fourth-order valence-corrected chi connectivity index (χ4v) is 3.04. The van der Waals surface area contributed by atoms with E-state index in [0.717, 1.165) is 19.5 Å². The van der Waals surface area contributed by atoms with Crippen LogP contribution in [0.3, 0.4) is 0 Å². The second kappa shape index (κ2) is 4.94. The van der Waals surface area contributed by atoms with Gasteiger partial charge in [-0.15, -0.1) is 0 Å². The van der Waals surface area contributed by atoms with Crippen LogP contribution in [-0.2, 0) is 36.1 Å². The van der Waals surface area contributed by atoms with Crippen LogP contribution in [0.5, 0.6) is 0 Å². The number of esters is 1. The van der Waals surface area contributed by atoms with Crippen molar-refractivity contribution in [3.05, 3.63) is 35.0 Å². The van der Waals surface area contributed by atoms with E-state index in [-0.39, 0.29) is 11.9 Å². The van der Waals surface area contributed by atoms with Gasteiger partial charge in [0.1, 0.15) is 0 Å². The van der Waals surface area contributed by atoms with Crippen molar-refractivity contribution >= 4 is 16.9 Å². The number of ether oxygens (including phenoxy) is 1. The fraction of sp³-hybridized carbons (Fsp3) is 0.438. The third-order valence-electron chi connectivity index (χ3n) is 4.15. The molecule has 0 saturated carbocycles. The van der Waals surface area contributed by atoms with Crippen molar-refractivity contribution < 1.29 is 9.53 Å². The molecule has 0 fully saturated rings. The van der Waals surface area contributed by atoms with Gasteiger partial charge in [0.25, 0.3) is 0 Å². The lowest BCUT2D eigenvalue weighted by Gasteiger charge is -2.08. The summed E-state index contributed by atoms with van der Waals surface area (Å²) in [6, 6.07) is 4.53. The molecule has 2 heterocycles. The summed E-state index contributed by atoms with van der Waals surface area (Å²) in [7, 11) is 3.50. The minimum absolute atomic E-state index is 0.114. The SMILES string of the molecule is COC(=O)C(C)Cc1cn(C)c2cc3c(cc12)CNC3. The Morgan fingerprint density at radius 2 is 2.10 bits per heavy atom. The van der Waals surface area contributed by atoms with Crippen molar-refractivity contribution in [3.63, 3.8) is 0 Å². The number of rotatable bonds is 3. The summed E-state index contributed by atoms with van der Waals surface area (Å²) in [4.78, 5) is 11.6. The van der Waals surface area contributed by atoms with Crippen molar-refractivity contribution in [1.29, 1.82) is 0 Å². The molecule has 0 amide bonds. The van der Waals surface area contributed by atoms with E-state index in [4.69, 9.17) is 4.74 Å². The van der Waals surface area contributed by atoms with Crippen LogP contribution in [0.4, 0.5) is 0 Å². The third kappa shape index (κ3) is 2.10. The molecule has 1 aliphatic rings. The van der Waals surface area contributed by atoms with Crippen LogP contribution in [0.2, 0.25) is 0 Å². The normalized spacial score (nSPS) is 15.3. The van der Waals surface area contributed by atoms with Gasteiger partial charge in [0.2, 0.25) is 0 Å². The van der Waals surface area contributed by atoms with Gasteiger partial charge in [-0.3, -0.25) is 4.79 Å². The second-order valence-corrected chi connectivity index (χ2v) is 5.64. The molecule has 106 valence electrons. The zero-order chi connectivity index (χ0) is 14.3. The maximum atomic E-state index is 11.6. The number of nitrogens with one attached hydrogen (secondary N) is 1. The Morgan fingerprint density at radius 3 is 2.80 bits per heavy atom. The molecule has 1 N–H and O–H groups in total. The van der Waals surface area contributed by atoms with Crippen LogP contribution in [0.15, 0.2) is 18.3 Å². The molecular weight excluding hydrogens is 252 g/mol. The number of carbonyl (C=O) groups is 1. The number of aryl methyl sites for hydroxylation is 1. The first-order valence-corrected chi connectivity index (χ1v) is 6.98. The van der Waals surface area contributed by atoms with Gasteiger partial charge in [-0.1, -0.05) is 6.92 Å². The minimum atomic E-state index is -0.148. The van der Waals surface area contributed by atoms with Crippen molar-refractivity contribution in [2.45, 2.75) is 26.4 Å². The summed E-state index contributed by atoms with van der Waals surface area (Å²) in [5, 5.41) is 4.63. The highest BCUT2D eigenvalue weighted by Crippen LogP contribution is 2.28. The monoisotopic (exact) mass is 272 g/mol. The summed E-state index contributed by atoms with van der Waals surface area (Å²) in [5.74, 6) is -0.262. The maximum absolute atomic E-state index is 11.6. The summed E-state index contributed by atoms with van der Waals surface area (Å²) in [6.45, 7) is 3.80. The van der Waals surface area contributed by atoms with Gasteiger partial charge in [-0.05, 0) is 35.2 Å². The minimum Gasteiger partial charge on any atom is -0.469 e. The summed E-state index contributed by atoms with van der Waals surface area (Å²) in [6.07, 6.45) is 2.85. The first kappa shape index (κ1) is 13.2. The van der Waals surface area contributed by atoms with E-state index in [0.29, 0.717) is 0 Å². The zero-order valence-electron chi connectivity index (χ0n) is 12.2. The number of hydrogen-bond donors (Lipinski definition) is 1. The number of fused-ring (bicyclic) bond motifs is 2. The molecule has 1 atom stereocenters. The molecule has 1 unspecified atom stereocenters. The van der Waals surface area contributed by atoms with Crippen molar-refractivity contribution in [3.8, 4) is 0 Å². The molecule has 4 heteroatoms. The topological polar surface area (TPSA) is 43.3 Å². The number of methoxy groups -OCH3 is 1. The molecule has 2 aromatic rings. The van der Waals surface area contributed by atoms with Crippen molar-refractivity contribution in [1.82, 2.24) is 9.88 Å². The maximum Gasteiger partial charge on any atom is 0.308 e. The Morgan fingerprint density at radius 1 is 1.40 bits per heavy atom. The molecule has 0 spiro atoms. The van der Waals surface area contributed by atoms with Gasteiger partial charge in [0.15, 0.2) is 0 Å². The Hall–Kier alpha value is -1.81. The van der Waals surface area contributed by atoms with Gasteiger partial charge in [-0.2, -0.15) is 0 Å². The Bertz CT molecular complexity index is 673. The molecule has 1 aromatic heterocycles. The smallest absolute Gasteiger partial charge is 0.308 e. The Balaban J connectivity index is 2.01. The van der Waals surface area contributed by atoms with Gasteiger partial charge in [0.05, 0.1) is 13.0 Å². The van der Waals surface area contributed by atoms with E-state index in [1.165, 1.54) is 34.7 Å². The molecule has 20 heavy (non-hydrogen) atoms. The first-order chi connectivity index (χ1) is 9.60. The van der Waals surface area contributed by atoms with Gasteiger partial charge >= 0.3 is 5.97 Å². The lowest BCUT2D eigenvalue weighted by Crippen LogP contribution is -2.14. The molecule has 0 bridgehead atoms. The molecule has 3 rings (SSSR count). The lowest BCUT2D eigenvalue weighted by molar-refractivity contribution is -0.144. The van der Waals surface area contributed by atoms with Crippen LogP contribution in [0.1, 0.15) is 23.6 Å². The largest absolute Gasteiger partial charge is 0.469 e. The van der Waals surface area contributed by atoms with Crippen molar-refractivity contribution in [2.75, 3.05) is 7.11 Å². The fourth-order valence-electron chi connectivity index (χ4n) is 3.04. The first-order valence-electron chi connectivity index (χ1n) is 6.98. The highest BCUT2D eigenvalue weighted by molar-refractivity contribution is 5.86. The molecule has 4 nitrogen and oxygen atoms in total. The average Bonchev–Trinajstić information content (AvgIpc) is 3.01. The predicted octanol–water partition coefficient (Wildman–Crippen LogP) is 2.13. The van der Waals surface area contributed by atoms with E-state index in [1.807, 2.05) is 6.92 Å². The Labute approximate surface area is 118 Å². The average molecular weight is 272 g/mol. The lowest BCUT2D eigenvalue weighted by atomic mass is 9.99. The van der Waals surface area contributed by atoms with Crippen LogP contribution < -0.4 is 5.32 Å². The second-order valence-electron chi connectivity index (χ2n) is 5.64. The number of benzene rings is 1. The predicted molar refractivity (Wildman–Crippen MR) is 78.3 cm³/mol. The quantitative estimate of drug-likeness (QED) is 0.871. The van der Waals surface area contributed by atoms with E-state index in [2.05, 4.69) is 35.3 Å². The van der Waals surface area contributed by atoms with Crippen LogP contribution in [-0.4, -0.2) is 17.6 Å². The van der Waals surface area contributed by atoms with E-state index in [9.17, 15) is 4.79 Å². The van der Waals surface area contributed by atoms with E-state index in [1.54, 1.807) is 0 Å². The molecule has 0 radical (unpaired) electrons. The van der Waals surface area contributed by atoms with E-state index >= 15 is 0 Å². The zero-order valence-corrected chi connectivity index (χ0v) is 12.2. The number of aromatic nitrogens is 1. The number of hydrogen-bond acceptors (Lipinski definition) is 3. The van der Waals surface area contributed by atoms with Gasteiger partial charge in [-0.25, -0.2) is 0 Å². The number of carbonyl (C=O) groups excluding carboxylic acids is 1. The van der Waals surface area contributed by atoms with Crippen molar-refractivity contribution in [2.24, 2.45) is 13.0 Å². The highest BCUT2D eigenvalue weighted by Gasteiger charge is 2.19. The molecular formula is C16H20N2O2. The highest BCUT2D eigenvalue weighted by atomic mass is 16.5. The molecule has 1 aliphatic heterocycles. The van der Waals surface area contributed by atoms with E-state index < -0.39 is 0 Å². The van der Waals surface area contributed by atoms with Crippen LogP contribution >= 0.6 is 0 Å². The van der Waals surface area contributed by atoms with Gasteiger partial charge in [0, 0.05) is 37.2 Å². The van der Waals surface area contributed by atoms with Gasteiger partial charge < -0.3 is 14.6 Å². The molecule has 1 aromatic carbocycles. The molecule has 0 saturated heterocycles. The summed E-state index contributed by atoms with van der Waals surface area (Å²) >= 11 is 0. The summed E-state index contributed by atoms with van der Waals surface area (Å²) < 4.78 is 6.97. The molecule has 0 aliphatic carbocycles. The standard InChI is InChI=1S/C16H20N2O2/c1-10(16(19)20-3)4-13-9-18(2)15-6-12-8-17-7-11(12)5-14(13)15/h5-6,9-10,17H,4,7-8H2,1-3H3. The summed E-state index contributed by atoms with van der Waals surface area (Å²) in [5.41, 5.74) is 5.21. The third-order valence-corrected chi connectivity index (χ3v) is 4.15. The van der Waals surface area contributed by atoms with Crippen LogP contribution in [0.25, 0.3) is 10.9 Å².